The van der Waals surface area contributed by atoms with Crippen molar-refractivity contribution in [1.82, 2.24) is 0 Å². The zero-order valence-electron chi connectivity index (χ0n) is 35.5. The first-order valence-corrected chi connectivity index (χ1v) is 23.3. The van der Waals surface area contributed by atoms with Gasteiger partial charge in [-0.1, -0.05) is 162 Å². The van der Waals surface area contributed by atoms with Gasteiger partial charge in [0.05, 0.1) is 6.10 Å². The second-order valence-electron chi connectivity index (χ2n) is 19.5. The molecule has 52 heavy (non-hydrogen) atoms. The molecule has 302 valence electrons. The van der Waals surface area contributed by atoms with Crippen molar-refractivity contribution in [2.75, 3.05) is 13.2 Å². The first-order chi connectivity index (χ1) is 25.1. The van der Waals surface area contributed by atoms with Crippen molar-refractivity contribution in [2.24, 2.45) is 52.1 Å². The van der Waals surface area contributed by atoms with Gasteiger partial charge in [-0.2, -0.15) is 0 Å². The lowest BCUT2D eigenvalue weighted by Gasteiger charge is -2.58. The van der Waals surface area contributed by atoms with E-state index < -0.39 is 0 Å². The van der Waals surface area contributed by atoms with Crippen LogP contribution >= 0.6 is 0 Å². The highest BCUT2D eigenvalue weighted by Gasteiger charge is 2.59. The summed E-state index contributed by atoms with van der Waals surface area (Å²) in [6, 6.07) is 0. The zero-order valence-corrected chi connectivity index (χ0v) is 35.5. The molecule has 5 unspecified atom stereocenters. The molecule has 0 saturated heterocycles. The van der Waals surface area contributed by atoms with Crippen molar-refractivity contribution in [1.29, 1.82) is 0 Å². The third kappa shape index (κ3) is 12.6. The fraction of sp³-hybridized carbons (Fsp3) is 0.938. The van der Waals surface area contributed by atoms with Crippen LogP contribution in [0.5, 0.6) is 0 Å². The van der Waals surface area contributed by atoms with Crippen molar-refractivity contribution in [3.05, 3.63) is 11.6 Å². The number of allylic oxidation sites excluding steroid dienone is 1. The molecule has 3 fully saturated rings. The van der Waals surface area contributed by atoms with E-state index in [0.717, 1.165) is 61.2 Å². The fourth-order valence-electron chi connectivity index (χ4n) is 12.1. The standard InChI is InChI=1S/C48H87NO3/c1-7-8-9-10-11-12-13-14-15-16-17-18-19-20-21-25-46(50)51-36-41(35-49)52-40-30-32-47(5)39(34-40)26-27-42-44-29-28-43(38(4)24-22-23-37(2)3)48(44,6)33-31-45(42)47/h26,37-38,40-45H,7-25,27-36,49H2,1-6H3/t38-,40?,41?,42?,43-,44?,45?,47+,48-/m1/s1. The molecule has 0 aliphatic heterocycles. The summed E-state index contributed by atoms with van der Waals surface area (Å²) >= 11 is 0. The molecular weight excluding hydrogens is 639 g/mol. The summed E-state index contributed by atoms with van der Waals surface area (Å²) in [5, 5.41) is 0. The minimum atomic E-state index is -0.204. The molecular formula is C48H87NO3. The van der Waals surface area contributed by atoms with E-state index in [-0.39, 0.29) is 18.2 Å². The number of nitrogens with two attached hydrogens (primary N) is 1. The van der Waals surface area contributed by atoms with E-state index in [2.05, 4.69) is 47.6 Å². The fourth-order valence-corrected chi connectivity index (χ4v) is 12.1. The Kier molecular flexibility index (Phi) is 19.1. The predicted molar refractivity (Wildman–Crippen MR) is 221 cm³/mol. The molecule has 3 saturated carbocycles. The van der Waals surface area contributed by atoms with Crippen molar-refractivity contribution in [3.63, 3.8) is 0 Å². The third-order valence-corrected chi connectivity index (χ3v) is 15.3. The smallest absolute Gasteiger partial charge is 0.305 e. The highest BCUT2D eigenvalue weighted by atomic mass is 16.6. The van der Waals surface area contributed by atoms with Gasteiger partial charge in [0.15, 0.2) is 0 Å². The lowest BCUT2D eigenvalue weighted by atomic mass is 9.47. The molecule has 4 heteroatoms. The topological polar surface area (TPSA) is 61.5 Å². The summed E-state index contributed by atoms with van der Waals surface area (Å²) in [4.78, 5) is 12.6. The van der Waals surface area contributed by atoms with Crippen molar-refractivity contribution in [3.8, 4) is 0 Å². The van der Waals surface area contributed by atoms with Gasteiger partial charge in [0, 0.05) is 13.0 Å². The van der Waals surface area contributed by atoms with Crippen LogP contribution in [0.15, 0.2) is 11.6 Å². The number of unbranched alkanes of at least 4 members (excludes halogenated alkanes) is 14. The Morgan fingerprint density at radius 3 is 2.04 bits per heavy atom. The highest BCUT2D eigenvalue weighted by molar-refractivity contribution is 5.69. The molecule has 2 N–H and O–H groups in total. The van der Waals surface area contributed by atoms with Crippen LogP contribution in [0, 0.1) is 46.3 Å². The van der Waals surface area contributed by atoms with Crippen molar-refractivity contribution in [2.45, 2.75) is 227 Å². The molecule has 0 aromatic rings. The van der Waals surface area contributed by atoms with E-state index in [1.807, 2.05) is 0 Å². The monoisotopic (exact) mass is 726 g/mol. The molecule has 0 aromatic carbocycles. The zero-order chi connectivity index (χ0) is 37.4. The maximum atomic E-state index is 12.6. The van der Waals surface area contributed by atoms with Crippen LogP contribution in [-0.2, 0) is 14.3 Å². The summed E-state index contributed by atoms with van der Waals surface area (Å²) in [5.74, 6) is 5.11. The number of rotatable bonds is 26. The van der Waals surface area contributed by atoms with Gasteiger partial charge >= 0.3 is 5.97 Å². The van der Waals surface area contributed by atoms with Crippen LogP contribution in [0.2, 0.25) is 0 Å². The number of carbonyl (C=O) groups excluding carboxylic acids is 1. The molecule has 0 bridgehead atoms. The third-order valence-electron chi connectivity index (χ3n) is 15.3. The molecule has 0 heterocycles. The maximum Gasteiger partial charge on any atom is 0.305 e. The molecule has 0 radical (unpaired) electrons. The predicted octanol–water partition coefficient (Wildman–Crippen LogP) is 13.5. The second-order valence-corrected chi connectivity index (χ2v) is 19.5. The van der Waals surface area contributed by atoms with Gasteiger partial charge in [-0.05, 0) is 104 Å². The molecule has 4 rings (SSSR count). The number of hydrogen-bond donors (Lipinski definition) is 1. The summed E-state index contributed by atoms with van der Waals surface area (Å²) in [6.45, 7) is 15.6. The normalized spacial score (nSPS) is 31.1. The number of ether oxygens (including phenoxy) is 2. The van der Waals surface area contributed by atoms with Crippen LogP contribution < -0.4 is 5.73 Å². The van der Waals surface area contributed by atoms with Crippen molar-refractivity contribution >= 4 is 5.97 Å². The Morgan fingerprint density at radius 2 is 1.42 bits per heavy atom. The van der Waals surface area contributed by atoms with Gasteiger partial charge in [0.1, 0.15) is 12.7 Å². The first kappa shape index (κ1) is 43.9. The summed E-state index contributed by atoms with van der Waals surface area (Å²) in [5.41, 5.74) is 8.68. The molecule has 4 aliphatic rings. The van der Waals surface area contributed by atoms with Gasteiger partial charge in [-0.15, -0.1) is 0 Å². The van der Waals surface area contributed by atoms with E-state index in [0.29, 0.717) is 30.4 Å². The summed E-state index contributed by atoms with van der Waals surface area (Å²) in [6.07, 6.45) is 37.7. The van der Waals surface area contributed by atoms with Gasteiger partial charge in [0.25, 0.3) is 0 Å². The average Bonchev–Trinajstić information content (AvgIpc) is 3.49. The van der Waals surface area contributed by atoms with Crippen LogP contribution in [0.3, 0.4) is 0 Å². The molecule has 0 spiro atoms. The molecule has 4 aliphatic carbocycles. The van der Waals surface area contributed by atoms with Gasteiger partial charge in [0.2, 0.25) is 0 Å². The van der Waals surface area contributed by atoms with E-state index in [9.17, 15) is 4.79 Å². The minimum absolute atomic E-state index is 0.0857. The van der Waals surface area contributed by atoms with Crippen LogP contribution in [-0.4, -0.2) is 31.3 Å². The van der Waals surface area contributed by atoms with E-state index in [4.69, 9.17) is 15.2 Å². The largest absolute Gasteiger partial charge is 0.463 e. The van der Waals surface area contributed by atoms with Crippen LogP contribution in [0.25, 0.3) is 0 Å². The number of hydrogen-bond acceptors (Lipinski definition) is 4. The number of carbonyl (C=O) groups is 1. The minimum Gasteiger partial charge on any atom is -0.463 e. The molecule has 0 aromatic heterocycles. The van der Waals surface area contributed by atoms with E-state index in [1.54, 1.807) is 5.57 Å². The summed E-state index contributed by atoms with van der Waals surface area (Å²) in [7, 11) is 0. The summed E-state index contributed by atoms with van der Waals surface area (Å²) < 4.78 is 12.3. The number of fused-ring (bicyclic) bond motifs is 5. The van der Waals surface area contributed by atoms with Gasteiger partial charge < -0.3 is 15.2 Å². The SMILES string of the molecule is CCCCCCCCCCCCCCCCCC(=O)OCC(CN)OC1CC[C@@]2(C)C(=CCC3C2CC[C@@]2(C)C3CC[C@@H]2[C@H](C)CCCC(C)C)C1. The number of esters is 1. The quantitative estimate of drug-likeness (QED) is 0.0548. The van der Waals surface area contributed by atoms with E-state index >= 15 is 0 Å². The van der Waals surface area contributed by atoms with Gasteiger partial charge in [-0.25, -0.2) is 0 Å². The Morgan fingerprint density at radius 1 is 0.788 bits per heavy atom. The Balaban J connectivity index is 1.10. The Labute approximate surface area is 323 Å². The first-order valence-electron chi connectivity index (χ1n) is 23.3. The Hall–Kier alpha value is -0.870. The van der Waals surface area contributed by atoms with Crippen LogP contribution in [0.4, 0.5) is 0 Å². The highest BCUT2D eigenvalue weighted by Crippen LogP contribution is 2.67. The lowest BCUT2D eigenvalue weighted by molar-refractivity contribution is -0.150. The average molecular weight is 726 g/mol. The van der Waals surface area contributed by atoms with Crippen LogP contribution in [0.1, 0.15) is 215 Å². The van der Waals surface area contributed by atoms with Gasteiger partial charge in [-0.3, -0.25) is 4.79 Å². The molecule has 9 atom stereocenters. The second kappa shape index (κ2) is 22.6. The van der Waals surface area contributed by atoms with Crippen molar-refractivity contribution < 1.29 is 14.3 Å². The Bertz CT molecular complexity index is 1040. The molecule has 0 amide bonds. The lowest BCUT2D eigenvalue weighted by Crippen LogP contribution is -2.51. The maximum absolute atomic E-state index is 12.6. The van der Waals surface area contributed by atoms with E-state index in [1.165, 1.54) is 141 Å². The molecule has 4 nitrogen and oxygen atoms in total.